The first kappa shape index (κ1) is 61.8. The van der Waals surface area contributed by atoms with Crippen molar-refractivity contribution >= 4 is 68.3 Å². The van der Waals surface area contributed by atoms with Crippen LogP contribution in [0, 0.1) is 18.8 Å². The Bertz CT molecular complexity index is 2880. The van der Waals surface area contributed by atoms with Gasteiger partial charge in [0.2, 0.25) is 23.7 Å². The highest BCUT2D eigenvalue weighted by atomic mass is 79.9. The van der Waals surface area contributed by atoms with Crippen molar-refractivity contribution in [3.8, 4) is 21.9 Å². The maximum Gasteiger partial charge on any atom is 0.255 e. The highest BCUT2D eigenvalue weighted by Gasteiger charge is 2.46. The molecule has 442 valence electrons. The molecule has 4 heterocycles. The summed E-state index contributed by atoms with van der Waals surface area (Å²) in [7, 11) is 1.88. The van der Waals surface area contributed by atoms with Crippen molar-refractivity contribution in [3.63, 3.8) is 0 Å². The molecule has 1 saturated heterocycles. The maximum absolute atomic E-state index is 14.3. The zero-order valence-electron chi connectivity index (χ0n) is 47.4. The summed E-state index contributed by atoms with van der Waals surface area (Å²) in [6.07, 6.45) is 6.60. The number of likely N-dealkylation sites (tertiary alicyclic amines) is 1. The number of aryl methyl sites for hydroxylation is 1. The van der Waals surface area contributed by atoms with Crippen molar-refractivity contribution in [2.24, 2.45) is 11.8 Å². The molecule has 3 aromatic carbocycles. The molecule has 22 heteroatoms. The van der Waals surface area contributed by atoms with E-state index in [0.29, 0.717) is 102 Å². The summed E-state index contributed by atoms with van der Waals surface area (Å²) < 4.78 is 35.9. The van der Waals surface area contributed by atoms with Crippen LogP contribution in [0.1, 0.15) is 86.0 Å². The van der Waals surface area contributed by atoms with Crippen molar-refractivity contribution in [1.29, 1.82) is 0 Å². The third-order valence-electron chi connectivity index (χ3n) is 14.7. The van der Waals surface area contributed by atoms with Crippen LogP contribution in [0.4, 0.5) is 17.5 Å². The van der Waals surface area contributed by atoms with Gasteiger partial charge in [0.25, 0.3) is 5.91 Å². The van der Waals surface area contributed by atoms with Gasteiger partial charge in [0, 0.05) is 88.3 Å². The van der Waals surface area contributed by atoms with Crippen LogP contribution in [-0.4, -0.2) is 169 Å². The summed E-state index contributed by atoms with van der Waals surface area (Å²) in [6.45, 7) is 11.9. The second-order valence-corrected chi connectivity index (χ2v) is 22.8. The second-order valence-electron chi connectivity index (χ2n) is 21.0. The predicted octanol–water partition coefficient (Wildman–Crippen LogP) is 8.04. The van der Waals surface area contributed by atoms with Crippen molar-refractivity contribution in [3.05, 3.63) is 105 Å². The lowest BCUT2D eigenvalue weighted by Crippen LogP contribution is -2.55. The molecule has 1 saturated carbocycles. The van der Waals surface area contributed by atoms with E-state index in [1.54, 1.807) is 22.7 Å². The van der Waals surface area contributed by atoms with Gasteiger partial charge in [-0.25, -0.2) is 9.97 Å². The molecule has 0 bridgehead atoms. The molecule has 0 radical (unpaired) electrons. The third kappa shape index (κ3) is 17.4. The number of carbonyl (C=O) groups excluding carboxylic acids is 4. The average molecular weight is 1210 g/mol. The number of β-amino-alcohol motifs (C(OH)–C–C–N with tert-alkyl or cyclic N) is 1. The zero-order valence-corrected chi connectivity index (χ0v) is 49.9. The first-order valence-corrected chi connectivity index (χ1v) is 30.2. The van der Waals surface area contributed by atoms with Gasteiger partial charge in [-0.1, -0.05) is 50.6 Å². The minimum Gasteiger partial charge on any atom is -0.491 e. The van der Waals surface area contributed by atoms with Crippen LogP contribution >= 0.6 is 27.3 Å². The first-order valence-electron chi connectivity index (χ1n) is 28.5. The molecular weight excluding hydrogens is 1130 g/mol. The fourth-order valence-corrected chi connectivity index (χ4v) is 11.1. The van der Waals surface area contributed by atoms with Crippen LogP contribution in [0.15, 0.2) is 82.9 Å². The number of aliphatic hydroxyl groups is 1. The van der Waals surface area contributed by atoms with E-state index in [1.165, 1.54) is 16.2 Å². The van der Waals surface area contributed by atoms with Crippen LogP contribution < -0.4 is 25.4 Å². The summed E-state index contributed by atoms with van der Waals surface area (Å²) in [5.41, 5.74) is 6.63. The molecular formula is C60H78BrN9O11S. The molecule has 2 fully saturated rings. The quantitative estimate of drug-likeness (QED) is 0.0286. The van der Waals surface area contributed by atoms with E-state index in [1.807, 2.05) is 93.4 Å². The molecule has 1 aliphatic carbocycles. The Morgan fingerprint density at radius 2 is 1.56 bits per heavy atom. The average Bonchev–Trinajstić information content (AvgIpc) is 4.12. The van der Waals surface area contributed by atoms with E-state index in [2.05, 4.69) is 46.8 Å². The number of carbonyl (C=O) groups is 4. The number of nitrogens with zero attached hydrogens (tertiary/aromatic N) is 6. The number of halogens is 1. The Balaban J connectivity index is 0.656. The highest BCUT2D eigenvalue weighted by Crippen LogP contribution is 2.34. The van der Waals surface area contributed by atoms with Crippen LogP contribution in [0.3, 0.4) is 0 Å². The Kier molecular flexibility index (Phi) is 23.7. The molecule has 82 heavy (non-hydrogen) atoms. The number of aromatic nitrogens is 3. The van der Waals surface area contributed by atoms with Crippen molar-refractivity contribution in [2.75, 3.05) is 103 Å². The number of hydrogen-bond acceptors (Lipinski definition) is 17. The number of anilines is 3. The summed E-state index contributed by atoms with van der Waals surface area (Å²) in [4.78, 5) is 73.3. The van der Waals surface area contributed by atoms with Crippen LogP contribution in [0.5, 0.6) is 11.5 Å². The van der Waals surface area contributed by atoms with Gasteiger partial charge in [0.15, 0.2) is 0 Å². The number of nitrogens with one attached hydrogen (secondary N) is 3. The number of amides is 4. The highest BCUT2D eigenvalue weighted by molar-refractivity contribution is 9.10. The molecule has 5 aromatic rings. The topological polar surface area (TPSA) is 228 Å². The fourth-order valence-electron chi connectivity index (χ4n) is 10.0. The van der Waals surface area contributed by atoms with Crippen molar-refractivity contribution in [1.82, 2.24) is 35.0 Å². The van der Waals surface area contributed by atoms with E-state index in [-0.39, 0.29) is 55.7 Å². The van der Waals surface area contributed by atoms with Crippen LogP contribution in [0.25, 0.3) is 10.4 Å². The fraction of sp³-hybridized carbons (Fsp3) is 0.517. The Morgan fingerprint density at radius 1 is 0.866 bits per heavy atom. The summed E-state index contributed by atoms with van der Waals surface area (Å²) >= 11 is 5.06. The minimum absolute atomic E-state index is 0.000228. The molecule has 1 unspecified atom stereocenters. The molecule has 0 spiro atoms. The van der Waals surface area contributed by atoms with Crippen LogP contribution in [-0.2, 0) is 46.4 Å². The molecule has 8 rings (SSSR count). The lowest BCUT2D eigenvalue weighted by molar-refractivity contribution is -0.143. The van der Waals surface area contributed by atoms with Gasteiger partial charge >= 0.3 is 0 Å². The molecule has 20 nitrogen and oxygen atoms in total. The van der Waals surface area contributed by atoms with Gasteiger partial charge in [-0.05, 0) is 108 Å². The lowest BCUT2D eigenvalue weighted by Gasteiger charge is -2.35. The Hall–Kier alpha value is -6.27. The van der Waals surface area contributed by atoms with E-state index in [4.69, 9.17) is 28.4 Å². The normalized spacial score (nSPS) is 16.3. The monoisotopic (exact) mass is 1210 g/mol. The standard InChI is InChI=1S/C60H78BrN9O11S/c1-40(2)53(70-37-45-11-5-6-14-49(45)58(70)74)59(75)69-38-47(71)34-51(69)56(72)63-35-44-16-15-43(54-41(3)65-39-82-54)33-52(44)81-32-30-79-28-26-77-24-8-7-23-76-25-27-78-29-31-80-48-19-17-46(18-20-48)66-60-64-36-50(61)55(67-60)62-21-10-22-68(4)57(73)42-12-9-13-42/h5-6,11,14-20,33,36,39-40,42,47,51,53,71H,7-10,12-13,21-32,34-35,37-38H2,1-4H3,(H,63,72)(H2,62,64,66,67)/t47-,51+,53?/m1/s1. The SMILES string of the molecule is Cc1ncsc1-c1ccc(CNC(=O)[C@@H]2C[C@@H](O)CN2C(=O)C(C(C)C)N2Cc3ccccc3C2=O)c(OCCOCCOCCCCOCCOCCOc2ccc(Nc3ncc(Br)c(NCCCN(C)C(=O)C4CCC4)n3)cc2)c1. The molecule has 3 atom stereocenters. The van der Waals surface area contributed by atoms with Gasteiger partial charge in [-0.3, -0.25) is 19.2 Å². The number of aliphatic hydroxyl groups excluding tert-OH is 1. The number of unbranched alkanes of at least 4 members (excludes halogenated alkanes) is 1. The number of rotatable bonds is 34. The van der Waals surface area contributed by atoms with Crippen molar-refractivity contribution < 1.29 is 52.7 Å². The second kappa shape index (κ2) is 31.4. The number of ether oxygens (including phenoxy) is 6. The van der Waals surface area contributed by atoms with Crippen molar-refractivity contribution in [2.45, 2.75) is 97.0 Å². The minimum atomic E-state index is -0.909. The maximum atomic E-state index is 14.3. The zero-order chi connectivity index (χ0) is 57.8. The number of fused-ring (bicyclic) bond motifs is 1. The molecule has 4 amide bonds. The lowest BCUT2D eigenvalue weighted by atomic mass is 9.84. The van der Waals surface area contributed by atoms with Gasteiger partial charge in [-0.15, -0.1) is 11.3 Å². The smallest absolute Gasteiger partial charge is 0.255 e. The van der Waals surface area contributed by atoms with Gasteiger partial charge in [0.1, 0.15) is 42.6 Å². The van der Waals surface area contributed by atoms with Gasteiger partial charge in [-0.2, -0.15) is 4.98 Å². The number of hydrogen-bond donors (Lipinski definition) is 4. The first-order chi connectivity index (χ1) is 39.8. The third-order valence-corrected chi connectivity index (χ3v) is 16.2. The Morgan fingerprint density at radius 3 is 2.23 bits per heavy atom. The van der Waals surface area contributed by atoms with E-state index >= 15 is 0 Å². The van der Waals surface area contributed by atoms with E-state index in [0.717, 1.165) is 81.7 Å². The summed E-state index contributed by atoms with van der Waals surface area (Å²) in [6, 6.07) is 19.0. The summed E-state index contributed by atoms with van der Waals surface area (Å²) in [5.74, 6) is 1.71. The molecule has 2 aliphatic heterocycles. The predicted molar refractivity (Wildman–Crippen MR) is 316 cm³/mol. The van der Waals surface area contributed by atoms with Crippen LogP contribution in [0.2, 0.25) is 0 Å². The van der Waals surface area contributed by atoms with E-state index in [9.17, 15) is 24.3 Å². The van der Waals surface area contributed by atoms with Gasteiger partial charge in [0.05, 0.1) is 66.3 Å². The summed E-state index contributed by atoms with van der Waals surface area (Å²) in [5, 5.41) is 20.3. The number of thiazole rings is 1. The largest absolute Gasteiger partial charge is 0.491 e. The number of benzene rings is 3. The van der Waals surface area contributed by atoms with Gasteiger partial charge < -0.3 is 64.2 Å². The molecule has 4 N–H and O–H groups in total. The molecule has 2 aromatic heterocycles. The Labute approximate surface area is 493 Å². The van der Waals surface area contributed by atoms with E-state index < -0.39 is 24.1 Å². The molecule has 3 aliphatic rings.